The maximum absolute atomic E-state index is 11.4. The Morgan fingerprint density at radius 1 is 1.15 bits per heavy atom. The average Bonchev–Trinajstić information content (AvgIpc) is 2.88. The van der Waals surface area contributed by atoms with Crippen molar-refractivity contribution in [3.8, 4) is 0 Å². The average molecular weight is 280 g/mol. The van der Waals surface area contributed by atoms with Crippen molar-refractivity contribution in [2.45, 2.75) is 44.6 Å². The van der Waals surface area contributed by atoms with Gasteiger partial charge in [-0.1, -0.05) is 0 Å². The lowest BCUT2D eigenvalue weighted by molar-refractivity contribution is 0.115. The van der Waals surface area contributed by atoms with Gasteiger partial charge >= 0.3 is 6.03 Å². The van der Waals surface area contributed by atoms with Crippen LogP contribution in [0, 0.1) is 5.41 Å². The van der Waals surface area contributed by atoms with Gasteiger partial charge in [-0.15, -0.1) is 0 Å². The van der Waals surface area contributed by atoms with Gasteiger partial charge in [0.05, 0.1) is 0 Å². The molecular formula is C15H28N4O. The second-order valence-electron chi connectivity index (χ2n) is 6.70. The molecule has 3 fully saturated rings. The Labute approximate surface area is 121 Å². The minimum atomic E-state index is 0.101. The SMILES string of the molecule is O=C1NCCN1CCNC1CCC2(CCNCC2)CC1. The standard InChI is InChI=1S/C15H28N4O/c20-14-18-10-12-19(14)11-9-17-13-1-3-15(4-2-13)5-7-16-8-6-15/h13,16-17H,1-12H2,(H,18,20). The summed E-state index contributed by atoms with van der Waals surface area (Å²) in [5.74, 6) is 0. The first-order valence-corrected chi connectivity index (χ1v) is 8.24. The van der Waals surface area contributed by atoms with E-state index in [9.17, 15) is 4.79 Å². The summed E-state index contributed by atoms with van der Waals surface area (Å²) in [5.41, 5.74) is 0.651. The number of carbonyl (C=O) groups is 1. The van der Waals surface area contributed by atoms with Crippen LogP contribution in [0.4, 0.5) is 4.79 Å². The van der Waals surface area contributed by atoms with E-state index >= 15 is 0 Å². The summed E-state index contributed by atoms with van der Waals surface area (Å²) in [4.78, 5) is 13.3. The van der Waals surface area contributed by atoms with Crippen LogP contribution < -0.4 is 16.0 Å². The minimum absolute atomic E-state index is 0.101. The van der Waals surface area contributed by atoms with E-state index in [1.807, 2.05) is 4.90 Å². The summed E-state index contributed by atoms with van der Waals surface area (Å²) in [5, 5.41) is 9.98. The lowest BCUT2D eigenvalue weighted by Crippen LogP contribution is -2.44. The lowest BCUT2D eigenvalue weighted by Gasteiger charge is -2.43. The van der Waals surface area contributed by atoms with Crippen LogP contribution in [0.5, 0.6) is 0 Å². The number of urea groups is 1. The molecule has 0 aromatic heterocycles. The third-order valence-corrected chi connectivity index (χ3v) is 5.47. The van der Waals surface area contributed by atoms with Gasteiger partial charge in [0.15, 0.2) is 0 Å². The highest BCUT2D eigenvalue weighted by atomic mass is 16.2. The van der Waals surface area contributed by atoms with Crippen LogP contribution in [0.2, 0.25) is 0 Å². The molecule has 0 aromatic carbocycles. The maximum Gasteiger partial charge on any atom is 0.317 e. The van der Waals surface area contributed by atoms with Crippen molar-refractivity contribution < 1.29 is 4.79 Å². The van der Waals surface area contributed by atoms with Gasteiger partial charge in [-0.3, -0.25) is 0 Å². The molecule has 0 bridgehead atoms. The molecule has 1 saturated carbocycles. The molecule has 1 aliphatic carbocycles. The van der Waals surface area contributed by atoms with E-state index in [4.69, 9.17) is 0 Å². The Bertz CT molecular complexity index is 331. The summed E-state index contributed by atoms with van der Waals surface area (Å²) in [6, 6.07) is 0.769. The van der Waals surface area contributed by atoms with Crippen LogP contribution in [0.15, 0.2) is 0 Å². The molecule has 2 amide bonds. The van der Waals surface area contributed by atoms with Gasteiger partial charge < -0.3 is 20.9 Å². The summed E-state index contributed by atoms with van der Waals surface area (Å²) < 4.78 is 0. The third kappa shape index (κ3) is 3.26. The van der Waals surface area contributed by atoms with Crippen LogP contribution in [0.3, 0.4) is 0 Å². The molecular weight excluding hydrogens is 252 g/mol. The molecule has 114 valence electrons. The van der Waals surface area contributed by atoms with Gasteiger partial charge in [-0.05, 0) is 57.0 Å². The summed E-state index contributed by atoms with van der Waals surface area (Å²) >= 11 is 0. The number of nitrogens with one attached hydrogen (secondary N) is 3. The van der Waals surface area contributed by atoms with Gasteiger partial charge in [0.2, 0.25) is 0 Å². The van der Waals surface area contributed by atoms with Gasteiger partial charge in [-0.25, -0.2) is 4.79 Å². The van der Waals surface area contributed by atoms with E-state index in [2.05, 4.69) is 16.0 Å². The highest BCUT2D eigenvalue weighted by Crippen LogP contribution is 2.43. The second-order valence-corrected chi connectivity index (χ2v) is 6.70. The van der Waals surface area contributed by atoms with Crippen LogP contribution in [0.1, 0.15) is 38.5 Å². The second kappa shape index (κ2) is 6.31. The molecule has 3 aliphatic rings. The highest BCUT2D eigenvalue weighted by molar-refractivity contribution is 5.76. The number of piperidine rings is 1. The number of nitrogens with zero attached hydrogens (tertiary/aromatic N) is 1. The van der Waals surface area contributed by atoms with Crippen molar-refractivity contribution in [1.82, 2.24) is 20.9 Å². The predicted molar refractivity (Wildman–Crippen MR) is 79.8 cm³/mol. The van der Waals surface area contributed by atoms with Crippen molar-refractivity contribution in [2.75, 3.05) is 39.3 Å². The Morgan fingerprint density at radius 3 is 2.55 bits per heavy atom. The largest absolute Gasteiger partial charge is 0.336 e. The molecule has 0 radical (unpaired) electrons. The number of hydrogen-bond acceptors (Lipinski definition) is 3. The molecule has 2 aliphatic heterocycles. The molecule has 0 unspecified atom stereocenters. The van der Waals surface area contributed by atoms with E-state index in [-0.39, 0.29) is 6.03 Å². The smallest absolute Gasteiger partial charge is 0.317 e. The van der Waals surface area contributed by atoms with E-state index < -0.39 is 0 Å². The topological polar surface area (TPSA) is 56.4 Å². The van der Waals surface area contributed by atoms with Crippen molar-refractivity contribution in [1.29, 1.82) is 0 Å². The van der Waals surface area contributed by atoms with Gasteiger partial charge in [-0.2, -0.15) is 0 Å². The first kappa shape index (κ1) is 14.1. The molecule has 0 atom stereocenters. The fourth-order valence-electron chi connectivity index (χ4n) is 4.02. The van der Waals surface area contributed by atoms with Crippen LogP contribution >= 0.6 is 0 Å². The van der Waals surface area contributed by atoms with Crippen LogP contribution in [-0.4, -0.2) is 56.2 Å². The molecule has 2 saturated heterocycles. The van der Waals surface area contributed by atoms with Gasteiger partial charge in [0, 0.05) is 32.2 Å². The fraction of sp³-hybridized carbons (Fsp3) is 0.933. The zero-order valence-corrected chi connectivity index (χ0v) is 12.4. The molecule has 5 nitrogen and oxygen atoms in total. The lowest BCUT2D eigenvalue weighted by atomic mass is 9.67. The van der Waals surface area contributed by atoms with E-state index in [1.54, 1.807) is 0 Å². The molecule has 3 rings (SSSR count). The quantitative estimate of drug-likeness (QED) is 0.717. The molecule has 5 heteroatoms. The Balaban J connectivity index is 1.35. The van der Waals surface area contributed by atoms with Gasteiger partial charge in [0.25, 0.3) is 0 Å². The monoisotopic (exact) mass is 280 g/mol. The van der Waals surface area contributed by atoms with Crippen molar-refractivity contribution in [2.24, 2.45) is 5.41 Å². The van der Waals surface area contributed by atoms with E-state index in [0.717, 1.165) is 26.2 Å². The summed E-state index contributed by atoms with van der Waals surface area (Å²) in [7, 11) is 0. The molecule has 0 aromatic rings. The van der Waals surface area contributed by atoms with Crippen LogP contribution in [0.25, 0.3) is 0 Å². The van der Waals surface area contributed by atoms with Gasteiger partial charge in [0.1, 0.15) is 0 Å². The first-order valence-electron chi connectivity index (χ1n) is 8.24. The zero-order valence-electron chi connectivity index (χ0n) is 12.4. The third-order valence-electron chi connectivity index (χ3n) is 5.47. The highest BCUT2D eigenvalue weighted by Gasteiger charge is 2.35. The summed E-state index contributed by atoms with van der Waals surface area (Å²) in [6.07, 6.45) is 8.13. The Hall–Kier alpha value is -0.810. The molecule has 2 heterocycles. The van der Waals surface area contributed by atoms with Crippen LogP contribution in [-0.2, 0) is 0 Å². The number of hydrogen-bond donors (Lipinski definition) is 3. The van der Waals surface area contributed by atoms with Crippen molar-refractivity contribution in [3.05, 3.63) is 0 Å². The normalized spacial score (nSPS) is 27.0. The van der Waals surface area contributed by atoms with Crippen molar-refractivity contribution in [3.63, 3.8) is 0 Å². The Morgan fingerprint density at radius 2 is 1.90 bits per heavy atom. The number of amides is 2. The molecule has 20 heavy (non-hydrogen) atoms. The Kier molecular flexibility index (Phi) is 4.46. The first-order chi connectivity index (χ1) is 9.77. The zero-order chi connectivity index (χ0) is 13.8. The predicted octanol–water partition coefficient (Wildman–Crippen LogP) is 0.914. The molecule has 1 spiro atoms. The number of carbonyl (C=O) groups excluding carboxylic acids is 1. The van der Waals surface area contributed by atoms with E-state index in [1.165, 1.54) is 51.6 Å². The minimum Gasteiger partial charge on any atom is -0.336 e. The summed E-state index contributed by atoms with van der Waals surface area (Å²) in [6.45, 7) is 5.87. The van der Waals surface area contributed by atoms with E-state index in [0.29, 0.717) is 11.5 Å². The number of rotatable bonds is 4. The maximum atomic E-state index is 11.4. The molecule has 3 N–H and O–H groups in total. The van der Waals surface area contributed by atoms with Crippen molar-refractivity contribution >= 4 is 6.03 Å². The fourth-order valence-corrected chi connectivity index (χ4v) is 4.02.